The van der Waals surface area contributed by atoms with Crippen molar-refractivity contribution in [3.63, 3.8) is 0 Å². The molecular weight excluding hydrogens is 238 g/mol. The third-order valence-corrected chi connectivity index (χ3v) is 5.08. The lowest BCUT2D eigenvalue weighted by Gasteiger charge is -2.42. The van der Waals surface area contributed by atoms with E-state index in [0.717, 1.165) is 12.3 Å². The second-order valence-electron chi connectivity index (χ2n) is 7.44. The summed E-state index contributed by atoms with van der Waals surface area (Å²) in [5.74, 6) is 0.103. The van der Waals surface area contributed by atoms with Crippen LogP contribution in [0.3, 0.4) is 0 Å². The molecule has 2 aliphatic rings. The Morgan fingerprint density at radius 1 is 1.32 bits per heavy atom. The van der Waals surface area contributed by atoms with Gasteiger partial charge >= 0.3 is 5.97 Å². The molecule has 0 radical (unpaired) electrons. The van der Waals surface area contributed by atoms with Gasteiger partial charge in [-0.15, -0.1) is 0 Å². The van der Waals surface area contributed by atoms with Gasteiger partial charge in [0.05, 0.1) is 0 Å². The summed E-state index contributed by atoms with van der Waals surface area (Å²) in [4.78, 5) is 13.5. The van der Waals surface area contributed by atoms with Crippen molar-refractivity contribution in [3.05, 3.63) is 0 Å². The van der Waals surface area contributed by atoms with Gasteiger partial charge in [0.2, 0.25) is 0 Å². The average molecular weight is 267 g/mol. The lowest BCUT2D eigenvalue weighted by atomic mass is 9.90. The Morgan fingerprint density at radius 3 is 2.63 bits per heavy atom. The molecule has 1 N–H and O–H groups in total. The molecule has 0 aromatic carbocycles. The fourth-order valence-electron chi connectivity index (χ4n) is 4.36. The van der Waals surface area contributed by atoms with Gasteiger partial charge in [-0.1, -0.05) is 27.2 Å². The van der Waals surface area contributed by atoms with E-state index in [0.29, 0.717) is 23.9 Å². The van der Waals surface area contributed by atoms with Gasteiger partial charge in [-0.2, -0.15) is 0 Å². The van der Waals surface area contributed by atoms with Crippen molar-refractivity contribution < 1.29 is 9.90 Å². The molecule has 3 heteroatoms. The fourth-order valence-corrected chi connectivity index (χ4v) is 4.36. The minimum Gasteiger partial charge on any atom is -0.481 e. The number of rotatable bonds is 4. The Balaban J connectivity index is 2.01. The molecule has 1 heterocycles. The number of carbonyl (C=O) groups is 1. The normalized spacial score (nSPS) is 35.4. The first-order valence-electron chi connectivity index (χ1n) is 7.86. The lowest BCUT2D eigenvalue weighted by Crippen LogP contribution is -2.47. The molecule has 2 fully saturated rings. The molecule has 0 spiro atoms. The molecule has 3 unspecified atom stereocenters. The number of piperidine rings is 1. The molecule has 0 aromatic rings. The number of nitrogens with zero attached hydrogens (tertiary/aromatic N) is 1. The molecule has 0 aromatic heterocycles. The average Bonchev–Trinajstić information content (AvgIpc) is 2.60. The minimum atomic E-state index is -0.648. The summed E-state index contributed by atoms with van der Waals surface area (Å²) in [5.41, 5.74) is 0.457. The van der Waals surface area contributed by atoms with Crippen molar-refractivity contribution in [2.24, 2.45) is 11.3 Å². The maximum atomic E-state index is 10.8. The van der Waals surface area contributed by atoms with Gasteiger partial charge in [-0.25, -0.2) is 0 Å². The van der Waals surface area contributed by atoms with Gasteiger partial charge in [-0.3, -0.25) is 9.69 Å². The minimum absolute atomic E-state index is 0.325. The van der Waals surface area contributed by atoms with Crippen LogP contribution >= 0.6 is 0 Å². The van der Waals surface area contributed by atoms with Gasteiger partial charge in [0.25, 0.3) is 0 Å². The topological polar surface area (TPSA) is 40.5 Å². The monoisotopic (exact) mass is 267 g/mol. The molecule has 0 bridgehead atoms. The van der Waals surface area contributed by atoms with Crippen molar-refractivity contribution in [1.82, 2.24) is 4.90 Å². The zero-order valence-corrected chi connectivity index (χ0v) is 12.7. The third kappa shape index (κ3) is 3.71. The number of aliphatic carboxylic acids is 1. The molecule has 1 aliphatic carbocycles. The Bertz CT molecular complexity index is 327. The predicted molar refractivity (Wildman–Crippen MR) is 77.2 cm³/mol. The predicted octanol–water partition coefficient (Wildman–Crippen LogP) is 3.53. The smallest absolute Gasteiger partial charge is 0.303 e. The maximum absolute atomic E-state index is 10.8. The van der Waals surface area contributed by atoms with Crippen LogP contribution in [0.5, 0.6) is 0 Å². The standard InChI is InChI=1S/C16H29NO2/c1-12-10-16(2,3)11-14(12)17-9-5-4-6-13(17)7-8-15(18)19/h12-14H,4-11H2,1-3H3,(H,18,19). The van der Waals surface area contributed by atoms with Gasteiger partial charge in [0, 0.05) is 18.5 Å². The van der Waals surface area contributed by atoms with Crippen LogP contribution in [0, 0.1) is 11.3 Å². The summed E-state index contributed by atoms with van der Waals surface area (Å²) in [6.45, 7) is 8.30. The fraction of sp³-hybridized carbons (Fsp3) is 0.938. The maximum Gasteiger partial charge on any atom is 0.303 e. The number of hydrogen-bond donors (Lipinski definition) is 1. The molecule has 1 saturated heterocycles. The van der Waals surface area contributed by atoms with Crippen LogP contribution in [0.15, 0.2) is 0 Å². The van der Waals surface area contributed by atoms with E-state index in [9.17, 15) is 4.79 Å². The number of carboxylic acid groups (broad SMARTS) is 1. The molecule has 3 nitrogen and oxygen atoms in total. The van der Waals surface area contributed by atoms with Crippen LogP contribution in [0.1, 0.15) is 65.7 Å². The van der Waals surface area contributed by atoms with E-state index in [1.165, 1.54) is 38.6 Å². The van der Waals surface area contributed by atoms with Crippen molar-refractivity contribution in [1.29, 1.82) is 0 Å². The van der Waals surface area contributed by atoms with E-state index in [1.54, 1.807) is 0 Å². The van der Waals surface area contributed by atoms with Gasteiger partial charge < -0.3 is 5.11 Å². The van der Waals surface area contributed by atoms with E-state index >= 15 is 0 Å². The highest BCUT2D eigenvalue weighted by molar-refractivity contribution is 5.66. The highest BCUT2D eigenvalue weighted by Gasteiger charge is 2.42. The third-order valence-electron chi connectivity index (χ3n) is 5.08. The van der Waals surface area contributed by atoms with E-state index in [1.807, 2.05) is 0 Å². The molecule has 1 aliphatic heterocycles. The van der Waals surface area contributed by atoms with Crippen molar-refractivity contribution in [3.8, 4) is 0 Å². The first-order valence-corrected chi connectivity index (χ1v) is 7.86. The Kier molecular flexibility index (Phi) is 4.54. The van der Waals surface area contributed by atoms with Crippen LogP contribution in [0.2, 0.25) is 0 Å². The zero-order valence-electron chi connectivity index (χ0n) is 12.7. The van der Waals surface area contributed by atoms with E-state index in [-0.39, 0.29) is 0 Å². The summed E-state index contributed by atoms with van der Waals surface area (Å²) in [7, 11) is 0. The van der Waals surface area contributed by atoms with Crippen molar-refractivity contribution in [2.45, 2.75) is 77.8 Å². The Labute approximate surface area is 117 Å². The van der Waals surface area contributed by atoms with Crippen LogP contribution in [-0.2, 0) is 4.79 Å². The highest BCUT2D eigenvalue weighted by Crippen LogP contribution is 2.44. The summed E-state index contributed by atoms with van der Waals surface area (Å²) in [6.07, 6.45) is 7.48. The van der Waals surface area contributed by atoms with Crippen LogP contribution in [0.25, 0.3) is 0 Å². The Hall–Kier alpha value is -0.570. The van der Waals surface area contributed by atoms with Gasteiger partial charge in [0.15, 0.2) is 0 Å². The van der Waals surface area contributed by atoms with Crippen LogP contribution in [0.4, 0.5) is 0 Å². The van der Waals surface area contributed by atoms with E-state index in [2.05, 4.69) is 25.7 Å². The number of carboxylic acids is 1. The molecule has 1 saturated carbocycles. The number of hydrogen-bond acceptors (Lipinski definition) is 2. The second-order valence-corrected chi connectivity index (χ2v) is 7.44. The summed E-state index contributed by atoms with van der Waals surface area (Å²) < 4.78 is 0. The SMILES string of the molecule is CC1CC(C)(C)CC1N1CCCCC1CCC(=O)O. The summed E-state index contributed by atoms with van der Waals surface area (Å²) in [6, 6.07) is 1.18. The second kappa shape index (κ2) is 5.82. The molecule has 2 rings (SSSR count). The van der Waals surface area contributed by atoms with Gasteiger partial charge in [-0.05, 0) is 50.0 Å². The molecule has 0 amide bonds. The largest absolute Gasteiger partial charge is 0.481 e. The van der Waals surface area contributed by atoms with E-state index < -0.39 is 5.97 Å². The van der Waals surface area contributed by atoms with Crippen molar-refractivity contribution >= 4 is 5.97 Å². The molecule has 3 atom stereocenters. The van der Waals surface area contributed by atoms with Gasteiger partial charge in [0.1, 0.15) is 0 Å². The highest BCUT2D eigenvalue weighted by atomic mass is 16.4. The zero-order chi connectivity index (χ0) is 14.0. The quantitative estimate of drug-likeness (QED) is 0.847. The summed E-state index contributed by atoms with van der Waals surface area (Å²) >= 11 is 0. The molecular formula is C16H29NO2. The Morgan fingerprint density at radius 2 is 2.05 bits per heavy atom. The lowest BCUT2D eigenvalue weighted by molar-refractivity contribution is -0.137. The first-order chi connectivity index (χ1) is 8.89. The first kappa shape index (κ1) is 14.8. The summed E-state index contributed by atoms with van der Waals surface area (Å²) in [5, 5.41) is 8.91. The number of likely N-dealkylation sites (tertiary alicyclic amines) is 1. The van der Waals surface area contributed by atoms with Crippen LogP contribution < -0.4 is 0 Å². The molecule has 19 heavy (non-hydrogen) atoms. The van der Waals surface area contributed by atoms with Crippen molar-refractivity contribution in [2.75, 3.05) is 6.54 Å². The van der Waals surface area contributed by atoms with Crippen LogP contribution in [-0.4, -0.2) is 34.6 Å². The van der Waals surface area contributed by atoms with E-state index in [4.69, 9.17) is 5.11 Å². The molecule has 110 valence electrons.